The van der Waals surface area contributed by atoms with E-state index in [1.807, 2.05) is 12.1 Å². The monoisotopic (exact) mass is 179 g/mol. The molecular formula is C10H17N3. The first kappa shape index (κ1) is 9.99. The molecule has 4 N–H and O–H groups in total. The van der Waals surface area contributed by atoms with Crippen LogP contribution in [0.3, 0.4) is 0 Å². The minimum absolute atomic E-state index is 0.0358. The van der Waals surface area contributed by atoms with Gasteiger partial charge in [-0.05, 0) is 12.5 Å². The molecule has 3 heteroatoms. The van der Waals surface area contributed by atoms with E-state index in [2.05, 4.69) is 11.9 Å². The van der Waals surface area contributed by atoms with Crippen LogP contribution in [0, 0.1) is 0 Å². The van der Waals surface area contributed by atoms with Crippen molar-refractivity contribution in [1.29, 1.82) is 0 Å². The minimum atomic E-state index is 0.0358. The first-order valence-corrected chi connectivity index (χ1v) is 4.71. The normalized spacial score (nSPS) is 12.8. The molecule has 0 aliphatic rings. The maximum Gasteiger partial charge on any atom is 0.128 e. The summed E-state index contributed by atoms with van der Waals surface area (Å²) in [5, 5.41) is 0. The fourth-order valence-corrected chi connectivity index (χ4v) is 1.32. The van der Waals surface area contributed by atoms with Crippen molar-refractivity contribution < 1.29 is 0 Å². The number of anilines is 1. The molecule has 13 heavy (non-hydrogen) atoms. The van der Waals surface area contributed by atoms with Crippen LogP contribution in [0.5, 0.6) is 0 Å². The molecule has 0 saturated carbocycles. The van der Waals surface area contributed by atoms with E-state index in [0.717, 1.165) is 24.8 Å². The molecule has 1 aromatic rings. The highest BCUT2D eigenvalue weighted by atomic mass is 14.8. The minimum Gasteiger partial charge on any atom is -0.383 e. The number of nitrogens with two attached hydrogens (primary N) is 2. The van der Waals surface area contributed by atoms with Crippen molar-refractivity contribution in [3.05, 3.63) is 23.9 Å². The van der Waals surface area contributed by atoms with Crippen molar-refractivity contribution in [2.24, 2.45) is 5.73 Å². The summed E-state index contributed by atoms with van der Waals surface area (Å²) in [7, 11) is 0. The van der Waals surface area contributed by atoms with Crippen LogP contribution < -0.4 is 11.5 Å². The van der Waals surface area contributed by atoms with E-state index in [1.54, 1.807) is 6.20 Å². The average molecular weight is 179 g/mol. The number of hydrogen-bond acceptors (Lipinski definition) is 3. The Balaban J connectivity index is 2.65. The lowest BCUT2D eigenvalue weighted by Gasteiger charge is -2.12. The van der Waals surface area contributed by atoms with Crippen LogP contribution in [0.4, 0.5) is 5.82 Å². The Kier molecular flexibility index (Phi) is 3.71. The summed E-state index contributed by atoms with van der Waals surface area (Å²) < 4.78 is 0. The maximum absolute atomic E-state index is 5.96. The SMILES string of the molecule is CCCCC(N)c1cccnc1N. The third-order valence-electron chi connectivity index (χ3n) is 2.14. The zero-order chi connectivity index (χ0) is 9.68. The second-order valence-electron chi connectivity index (χ2n) is 3.23. The van der Waals surface area contributed by atoms with Crippen LogP contribution in [0.1, 0.15) is 37.8 Å². The molecule has 0 aromatic carbocycles. The molecule has 0 fully saturated rings. The lowest BCUT2D eigenvalue weighted by Crippen LogP contribution is -2.12. The van der Waals surface area contributed by atoms with Crippen molar-refractivity contribution in [3.63, 3.8) is 0 Å². The van der Waals surface area contributed by atoms with Crippen LogP contribution >= 0.6 is 0 Å². The predicted molar refractivity (Wildman–Crippen MR) is 55.1 cm³/mol. The van der Waals surface area contributed by atoms with Gasteiger partial charge in [0, 0.05) is 17.8 Å². The summed E-state index contributed by atoms with van der Waals surface area (Å²) in [6, 6.07) is 3.86. The van der Waals surface area contributed by atoms with Crippen molar-refractivity contribution in [2.75, 3.05) is 5.73 Å². The first-order valence-electron chi connectivity index (χ1n) is 4.71. The molecule has 0 spiro atoms. The third kappa shape index (κ3) is 2.70. The Morgan fingerprint density at radius 3 is 2.92 bits per heavy atom. The molecule has 1 rings (SSSR count). The summed E-state index contributed by atoms with van der Waals surface area (Å²) in [5.41, 5.74) is 12.6. The van der Waals surface area contributed by atoms with Crippen molar-refractivity contribution in [2.45, 2.75) is 32.2 Å². The van der Waals surface area contributed by atoms with E-state index in [-0.39, 0.29) is 6.04 Å². The molecule has 0 amide bonds. The Morgan fingerprint density at radius 2 is 2.31 bits per heavy atom. The van der Waals surface area contributed by atoms with E-state index < -0.39 is 0 Å². The van der Waals surface area contributed by atoms with E-state index in [9.17, 15) is 0 Å². The number of rotatable bonds is 4. The molecule has 0 aliphatic heterocycles. The molecule has 0 radical (unpaired) electrons. The zero-order valence-corrected chi connectivity index (χ0v) is 8.03. The van der Waals surface area contributed by atoms with Gasteiger partial charge in [0.2, 0.25) is 0 Å². The molecule has 0 bridgehead atoms. The van der Waals surface area contributed by atoms with Gasteiger partial charge < -0.3 is 11.5 Å². The lowest BCUT2D eigenvalue weighted by atomic mass is 10.0. The molecule has 0 aliphatic carbocycles. The fourth-order valence-electron chi connectivity index (χ4n) is 1.32. The molecule has 1 unspecified atom stereocenters. The largest absolute Gasteiger partial charge is 0.383 e. The fraction of sp³-hybridized carbons (Fsp3) is 0.500. The van der Waals surface area contributed by atoms with Crippen molar-refractivity contribution in [3.8, 4) is 0 Å². The number of nitrogen functional groups attached to an aromatic ring is 1. The standard InChI is InChI=1S/C10H17N3/c1-2-3-6-9(11)8-5-4-7-13-10(8)12/h4-5,7,9H,2-3,6,11H2,1H3,(H2,12,13). The van der Waals surface area contributed by atoms with Gasteiger partial charge in [-0.2, -0.15) is 0 Å². The summed E-state index contributed by atoms with van der Waals surface area (Å²) in [6.07, 6.45) is 4.96. The predicted octanol–water partition coefficient (Wildman–Crippen LogP) is 1.85. The van der Waals surface area contributed by atoms with Crippen LogP contribution in [0.15, 0.2) is 18.3 Å². The van der Waals surface area contributed by atoms with Gasteiger partial charge in [0.25, 0.3) is 0 Å². The molecule has 0 saturated heterocycles. The van der Waals surface area contributed by atoms with Gasteiger partial charge in [-0.3, -0.25) is 0 Å². The van der Waals surface area contributed by atoms with Gasteiger partial charge in [0.05, 0.1) is 0 Å². The summed E-state index contributed by atoms with van der Waals surface area (Å²) in [6.45, 7) is 2.15. The van der Waals surface area contributed by atoms with Crippen molar-refractivity contribution in [1.82, 2.24) is 4.98 Å². The number of hydrogen-bond donors (Lipinski definition) is 2. The molecule has 1 atom stereocenters. The maximum atomic E-state index is 5.96. The topological polar surface area (TPSA) is 64.9 Å². The van der Waals surface area contributed by atoms with E-state index in [0.29, 0.717) is 5.82 Å². The highest BCUT2D eigenvalue weighted by molar-refractivity contribution is 5.40. The van der Waals surface area contributed by atoms with Crippen molar-refractivity contribution >= 4 is 5.82 Å². The highest BCUT2D eigenvalue weighted by Gasteiger charge is 2.08. The van der Waals surface area contributed by atoms with Gasteiger partial charge in [-0.1, -0.05) is 25.8 Å². The van der Waals surface area contributed by atoms with Crippen LogP contribution in [-0.4, -0.2) is 4.98 Å². The number of pyridine rings is 1. The average Bonchev–Trinajstić information content (AvgIpc) is 2.15. The van der Waals surface area contributed by atoms with Crippen LogP contribution in [0.2, 0.25) is 0 Å². The Morgan fingerprint density at radius 1 is 1.54 bits per heavy atom. The highest BCUT2D eigenvalue weighted by Crippen LogP contribution is 2.20. The van der Waals surface area contributed by atoms with E-state index >= 15 is 0 Å². The molecule has 3 nitrogen and oxygen atoms in total. The van der Waals surface area contributed by atoms with Crippen LogP contribution in [-0.2, 0) is 0 Å². The van der Waals surface area contributed by atoms with Crippen LogP contribution in [0.25, 0.3) is 0 Å². The van der Waals surface area contributed by atoms with Gasteiger partial charge in [-0.15, -0.1) is 0 Å². The number of nitrogens with zero attached hydrogens (tertiary/aromatic N) is 1. The molecule has 1 aromatic heterocycles. The number of unbranched alkanes of at least 4 members (excludes halogenated alkanes) is 1. The second kappa shape index (κ2) is 4.82. The van der Waals surface area contributed by atoms with Gasteiger partial charge in [-0.25, -0.2) is 4.98 Å². The van der Waals surface area contributed by atoms with E-state index in [1.165, 1.54) is 0 Å². The molecular weight excluding hydrogens is 162 g/mol. The van der Waals surface area contributed by atoms with Gasteiger partial charge in [0.1, 0.15) is 5.82 Å². The summed E-state index contributed by atoms with van der Waals surface area (Å²) >= 11 is 0. The van der Waals surface area contributed by atoms with Gasteiger partial charge >= 0.3 is 0 Å². The van der Waals surface area contributed by atoms with E-state index in [4.69, 9.17) is 11.5 Å². The quantitative estimate of drug-likeness (QED) is 0.741. The smallest absolute Gasteiger partial charge is 0.128 e. The lowest BCUT2D eigenvalue weighted by molar-refractivity contribution is 0.603. The number of aromatic nitrogens is 1. The first-order chi connectivity index (χ1) is 6.25. The zero-order valence-electron chi connectivity index (χ0n) is 8.03. The van der Waals surface area contributed by atoms with Gasteiger partial charge in [0.15, 0.2) is 0 Å². The Bertz CT molecular complexity index is 260. The third-order valence-corrected chi connectivity index (χ3v) is 2.14. The molecule has 1 heterocycles. The Labute approximate surface area is 79.2 Å². The second-order valence-corrected chi connectivity index (χ2v) is 3.23. The molecule has 72 valence electrons. The Hall–Kier alpha value is -1.09. The summed E-state index contributed by atoms with van der Waals surface area (Å²) in [4.78, 5) is 4.01. The summed E-state index contributed by atoms with van der Waals surface area (Å²) in [5.74, 6) is 0.561.